The maximum Gasteiger partial charge on any atom is 0.343 e. The van der Waals surface area contributed by atoms with Gasteiger partial charge in [0.1, 0.15) is 0 Å². The standard InChI is InChI=1S/C31H26N4O7/c1-3-41-28-18-21(11-16-27(28)42-31(38)22-12-14-24(15-13-22)35(39)40)19-32-34-30(37)25-9-4-5-10-26(25)33-29(36)23-8-6-7-20(2)17-23/h4-19H,3H2,1-2H3,(H,33,36)(H,34,37)/b32-19-. The Labute approximate surface area is 240 Å². The molecule has 0 aromatic heterocycles. The molecule has 2 N–H and O–H groups in total. The second-order valence-electron chi connectivity index (χ2n) is 8.90. The lowest BCUT2D eigenvalue weighted by atomic mass is 10.1. The monoisotopic (exact) mass is 566 g/mol. The van der Waals surface area contributed by atoms with Crippen LogP contribution in [-0.4, -0.2) is 35.5 Å². The number of anilines is 1. The maximum absolute atomic E-state index is 12.9. The van der Waals surface area contributed by atoms with Crippen molar-refractivity contribution in [1.29, 1.82) is 0 Å². The van der Waals surface area contributed by atoms with Gasteiger partial charge in [-0.3, -0.25) is 19.7 Å². The largest absolute Gasteiger partial charge is 0.490 e. The van der Waals surface area contributed by atoms with Gasteiger partial charge in [-0.15, -0.1) is 0 Å². The molecule has 0 aliphatic rings. The van der Waals surface area contributed by atoms with Gasteiger partial charge in [-0.25, -0.2) is 10.2 Å². The van der Waals surface area contributed by atoms with Gasteiger partial charge in [-0.1, -0.05) is 29.8 Å². The van der Waals surface area contributed by atoms with Crippen LogP contribution in [0.4, 0.5) is 11.4 Å². The van der Waals surface area contributed by atoms with Crippen molar-refractivity contribution in [3.8, 4) is 11.5 Å². The highest BCUT2D eigenvalue weighted by Crippen LogP contribution is 2.29. The van der Waals surface area contributed by atoms with Crippen molar-refractivity contribution in [3.05, 3.63) is 129 Å². The van der Waals surface area contributed by atoms with E-state index in [1.807, 2.05) is 13.0 Å². The number of esters is 1. The number of benzene rings is 4. The van der Waals surface area contributed by atoms with Crippen molar-refractivity contribution < 1.29 is 28.8 Å². The number of amides is 2. The van der Waals surface area contributed by atoms with Gasteiger partial charge in [0.05, 0.1) is 34.6 Å². The molecule has 4 aromatic rings. The molecule has 0 atom stereocenters. The summed E-state index contributed by atoms with van der Waals surface area (Å²) in [5.41, 5.74) is 4.92. The number of carbonyl (C=O) groups excluding carboxylic acids is 3. The Bertz CT molecular complexity index is 1670. The van der Waals surface area contributed by atoms with E-state index in [1.165, 1.54) is 36.5 Å². The number of hydrogen-bond donors (Lipinski definition) is 2. The van der Waals surface area contributed by atoms with Gasteiger partial charge in [-0.2, -0.15) is 5.10 Å². The van der Waals surface area contributed by atoms with E-state index >= 15 is 0 Å². The molecule has 212 valence electrons. The highest BCUT2D eigenvalue weighted by molar-refractivity contribution is 6.09. The van der Waals surface area contributed by atoms with Gasteiger partial charge >= 0.3 is 5.97 Å². The molecule has 0 unspecified atom stereocenters. The molecular weight excluding hydrogens is 540 g/mol. The molecular formula is C31H26N4O7. The second kappa shape index (κ2) is 13.5. The molecule has 4 rings (SSSR count). The molecule has 11 nitrogen and oxygen atoms in total. The van der Waals surface area contributed by atoms with Crippen LogP contribution < -0.4 is 20.2 Å². The number of ether oxygens (including phenoxy) is 2. The number of aryl methyl sites for hydroxylation is 1. The minimum absolute atomic E-state index is 0.131. The molecule has 4 aromatic carbocycles. The molecule has 42 heavy (non-hydrogen) atoms. The molecule has 0 fully saturated rings. The van der Waals surface area contributed by atoms with Crippen LogP contribution in [0, 0.1) is 17.0 Å². The van der Waals surface area contributed by atoms with E-state index in [4.69, 9.17) is 9.47 Å². The molecule has 0 heterocycles. The summed E-state index contributed by atoms with van der Waals surface area (Å²) in [7, 11) is 0. The highest BCUT2D eigenvalue weighted by Gasteiger charge is 2.16. The molecule has 0 aliphatic carbocycles. The van der Waals surface area contributed by atoms with Gasteiger partial charge in [0.25, 0.3) is 17.5 Å². The summed E-state index contributed by atoms with van der Waals surface area (Å²) < 4.78 is 11.0. The molecule has 2 amide bonds. The van der Waals surface area contributed by atoms with E-state index in [1.54, 1.807) is 61.5 Å². The van der Waals surface area contributed by atoms with Crippen LogP contribution in [-0.2, 0) is 0 Å². The fourth-order valence-electron chi connectivity index (χ4n) is 3.83. The van der Waals surface area contributed by atoms with Gasteiger partial charge in [0, 0.05) is 17.7 Å². The first kappa shape index (κ1) is 29.2. The van der Waals surface area contributed by atoms with Crippen LogP contribution in [0.1, 0.15) is 49.1 Å². The molecule has 0 aliphatic heterocycles. The lowest BCUT2D eigenvalue weighted by Gasteiger charge is -2.11. The Morgan fingerprint density at radius 1 is 0.881 bits per heavy atom. The first-order valence-electron chi connectivity index (χ1n) is 12.8. The van der Waals surface area contributed by atoms with Crippen molar-refractivity contribution in [1.82, 2.24) is 5.43 Å². The van der Waals surface area contributed by atoms with Crippen LogP contribution in [0.3, 0.4) is 0 Å². The fourth-order valence-corrected chi connectivity index (χ4v) is 3.83. The number of carbonyl (C=O) groups is 3. The number of nitrogens with zero attached hydrogens (tertiary/aromatic N) is 2. The average molecular weight is 567 g/mol. The van der Waals surface area contributed by atoms with Crippen molar-refractivity contribution in [3.63, 3.8) is 0 Å². The summed E-state index contributed by atoms with van der Waals surface area (Å²) in [6, 6.07) is 23.4. The third-order valence-corrected chi connectivity index (χ3v) is 5.86. The summed E-state index contributed by atoms with van der Waals surface area (Å²) in [6.45, 7) is 3.93. The minimum Gasteiger partial charge on any atom is -0.490 e. The summed E-state index contributed by atoms with van der Waals surface area (Å²) >= 11 is 0. The Morgan fingerprint density at radius 2 is 1.64 bits per heavy atom. The number of nitro groups is 1. The van der Waals surface area contributed by atoms with Crippen LogP contribution in [0.5, 0.6) is 11.5 Å². The second-order valence-corrected chi connectivity index (χ2v) is 8.90. The number of rotatable bonds is 10. The quantitative estimate of drug-likeness (QED) is 0.0842. The van der Waals surface area contributed by atoms with Crippen LogP contribution in [0.25, 0.3) is 0 Å². The average Bonchev–Trinajstić information content (AvgIpc) is 2.98. The number of nitrogens with one attached hydrogen (secondary N) is 2. The zero-order valence-corrected chi connectivity index (χ0v) is 22.7. The molecule has 0 radical (unpaired) electrons. The molecule has 0 saturated carbocycles. The Hall–Kier alpha value is -5.84. The number of para-hydroxylation sites is 1. The van der Waals surface area contributed by atoms with Gasteiger partial charge in [-0.05, 0) is 74.0 Å². The number of hydrazone groups is 1. The Kier molecular flexibility index (Phi) is 9.36. The van der Waals surface area contributed by atoms with Gasteiger partial charge < -0.3 is 14.8 Å². The first-order valence-corrected chi connectivity index (χ1v) is 12.8. The zero-order chi connectivity index (χ0) is 30.1. The molecule has 11 heteroatoms. The smallest absolute Gasteiger partial charge is 0.343 e. The van der Waals surface area contributed by atoms with Gasteiger partial charge in [0.2, 0.25) is 0 Å². The highest BCUT2D eigenvalue weighted by atomic mass is 16.6. The maximum atomic E-state index is 12.9. The number of nitro benzene ring substituents is 1. The fraction of sp³-hybridized carbons (Fsp3) is 0.0968. The van der Waals surface area contributed by atoms with E-state index in [9.17, 15) is 24.5 Å². The Morgan fingerprint density at radius 3 is 2.36 bits per heavy atom. The third kappa shape index (κ3) is 7.42. The molecule has 0 spiro atoms. The normalized spacial score (nSPS) is 10.6. The van der Waals surface area contributed by atoms with E-state index in [0.29, 0.717) is 16.8 Å². The predicted octanol–water partition coefficient (Wildman–Crippen LogP) is 5.54. The predicted molar refractivity (Wildman–Crippen MR) is 156 cm³/mol. The Balaban J connectivity index is 1.43. The third-order valence-electron chi connectivity index (χ3n) is 5.86. The van der Waals surface area contributed by atoms with Gasteiger partial charge in [0.15, 0.2) is 11.5 Å². The molecule has 0 saturated heterocycles. The van der Waals surface area contributed by atoms with E-state index < -0.39 is 16.8 Å². The van der Waals surface area contributed by atoms with Crippen molar-refractivity contribution in [2.75, 3.05) is 11.9 Å². The first-order chi connectivity index (χ1) is 20.2. The summed E-state index contributed by atoms with van der Waals surface area (Å²) in [6.07, 6.45) is 1.39. The zero-order valence-electron chi connectivity index (χ0n) is 22.7. The number of hydrogen-bond acceptors (Lipinski definition) is 8. The van der Waals surface area contributed by atoms with Crippen molar-refractivity contribution >= 4 is 35.4 Å². The van der Waals surface area contributed by atoms with Crippen LogP contribution in [0.15, 0.2) is 96.1 Å². The summed E-state index contributed by atoms with van der Waals surface area (Å²) in [5.74, 6) is -1.20. The van der Waals surface area contributed by atoms with E-state index in [0.717, 1.165) is 5.56 Å². The minimum atomic E-state index is -0.715. The van der Waals surface area contributed by atoms with E-state index in [2.05, 4.69) is 15.8 Å². The lowest BCUT2D eigenvalue weighted by Crippen LogP contribution is -2.21. The van der Waals surface area contributed by atoms with Crippen LogP contribution >= 0.6 is 0 Å². The SMILES string of the molecule is CCOc1cc(/C=N\NC(=O)c2ccccc2NC(=O)c2cccc(C)c2)ccc1OC(=O)c1ccc([N+](=O)[O-])cc1. The lowest BCUT2D eigenvalue weighted by molar-refractivity contribution is -0.384. The summed E-state index contributed by atoms with van der Waals surface area (Å²) in [4.78, 5) is 48.4. The topological polar surface area (TPSA) is 149 Å². The van der Waals surface area contributed by atoms with Crippen molar-refractivity contribution in [2.45, 2.75) is 13.8 Å². The summed E-state index contributed by atoms with van der Waals surface area (Å²) in [5, 5.41) is 17.6. The molecule has 0 bridgehead atoms. The van der Waals surface area contributed by atoms with E-state index in [-0.39, 0.29) is 40.8 Å². The van der Waals surface area contributed by atoms with Crippen molar-refractivity contribution in [2.24, 2.45) is 5.10 Å². The van der Waals surface area contributed by atoms with Crippen LogP contribution in [0.2, 0.25) is 0 Å². The number of non-ortho nitro benzene ring substituents is 1.